The van der Waals surface area contributed by atoms with Crippen molar-refractivity contribution in [2.45, 2.75) is 11.5 Å². The lowest BCUT2D eigenvalue weighted by Gasteiger charge is -2.12. The second-order valence-corrected chi connectivity index (χ2v) is 5.98. The molecule has 0 saturated heterocycles. The van der Waals surface area contributed by atoms with Crippen molar-refractivity contribution >= 4 is 16.2 Å². The smallest absolute Gasteiger partial charge is 0.300 e. The molecule has 0 saturated carbocycles. The molecule has 2 rings (SSSR count). The monoisotopic (exact) mass is 362 g/mol. The molecule has 0 spiro atoms. The Morgan fingerprint density at radius 1 is 1.00 bits per heavy atom. The summed E-state index contributed by atoms with van der Waals surface area (Å²) in [5.41, 5.74) is 1.20. The van der Waals surface area contributed by atoms with E-state index in [1.165, 1.54) is 12.1 Å². The summed E-state index contributed by atoms with van der Waals surface area (Å²) >= 11 is 0. The highest BCUT2D eigenvalue weighted by Crippen LogP contribution is 2.32. The zero-order valence-corrected chi connectivity index (χ0v) is 12.7. The van der Waals surface area contributed by atoms with Gasteiger partial charge in [0.1, 0.15) is 6.61 Å². The fraction of sp³-hybridized carbons (Fsp3) is 0.0667. The first-order chi connectivity index (χ1) is 11.2. The van der Waals surface area contributed by atoms with Crippen LogP contribution in [0, 0.1) is 23.3 Å². The molecule has 0 amide bonds. The van der Waals surface area contributed by atoms with Crippen LogP contribution in [0.3, 0.4) is 0 Å². The van der Waals surface area contributed by atoms with Gasteiger partial charge in [-0.3, -0.25) is 4.55 Å². The third-order valence-electron chi connectivity index (χ3n) is 3.04. The molecule has 1 N–H and O–H groups in total. The quantitative estimate of drug-likeness (QED) is 0.500. The lowest BCUT2D eigenvalue weighted by Crippen LogP contribution is -2.12. The summed E-state index contributed by atoms with van der Waals surface area (Å²) in [6.07, 6.45) is 1.56. The number of ether oxygens (including phenoxy) is 1. The second-order valence-electron chi connectivity index (χ2n) is 4.62. The first-order valence-electron chi connectivity index (χ1n) is 6.34. The van der Waals surface area contributed by atoms with Crippen LogP contribution in [0.1, 0.15) is 11.1 Å². The summed E-state index contributed by atoms with van der Waals surface area (Å²) in [7, 11) is -5.50. The average Bonchev–Trinajstić information content (AvgIpc) is 2.52. The largest absolute Gasteiger partial charge is 0.483 e. The van der Waals surface area contributed by atoms with Crippen LogP contribution >= 0.6 is 0 Å². The van der Waals surface area contributed by atoms with Gasteiger partial charge < -0.3 is 4.74 Å². The lowest BCUT2D eigenvalue weighted by molar-refractivity contribution is 0.257. The maximum atomic E-state index is 13.8. The third-order valence-corrected chi connectivity index (χ3v) is 3.91. The van der Waals surface area contributed by atoms with Crippen molar-refractivity contribution in [2.24, 2.45) is 0 Å². The minimum absolute atomic E-state index is 0.430. The molecule has 0 aliphatic heterocycles. The number of hydrogen-bond donors (Lipinski definition) is 1. The molecule has 128 valence electrons. The van der Waals surface area contributed by atoms with E-state index in [1.54, 1.807) is 18.2 Å². The van der Waals surface area contributed by atoms with Crippen LogP contribution in [-0.2, 0) is 16.7 Å². The highest BCUT2D eigenvalue weighted by molar-refractivity contribution is 7.85. The van der Waals surface area contributed by atoms with Crippen LogP contribution in [0.4, 0.5) is 17.6 Å². The Kier molecular flexibility index (Phi) is 4.95. The number of benzene rings is 2. The molecule has 0 radical (unpaired) electrons. The molecular weight excluding hydrogens is 352 g/mol. The normalized spacial score (nSPS) is 11.4. The molecule has 24 heavy (non-hydrogen) atoms. The molecule has 2 aromatic rings. The standard InChI is InChI=1S/C15H10F4O4S/c1-2-8-3-5-9(6-4-8)7-23-14-10(16)12(18)15(24(20,21)22)13(19)11(14)17/h2-6H,1,7H2,(H,20,21,22). The Labute approximate surface area is 134 Å². The van der Waals surface area contributed by atoms with E-state index in [9.17, 15) is 26.0 Å². The molecule has 0 atom stereocenters. The van der Waals surface area contributed by atoms with Gasteiger partial charge in [0.15, 0.2) is 22.3 Å². The van der Waals surface area contributed by atoms with Crippen LogP contribution in [-0.4, -0.2) is 13.0 Å². The van der Waals surface area contributed by atoms with Gasteiger partial charge in [0.05, 0.1) is 0 Å². The summed E-state index contributed by atoms with van der Waals surface area (Å²) in [6, 6.07) is 6.32. The Balaban J connectivity index is 2.39. The van der Waals surface area contributed by atoms with E-state index in [0.29, 0.717) is 5.56 Å². The molecule has 0 aliphatic rings. The number of hydrogen-bond acceptors (Lipinski definition) is 3. The highest BCUT2D eigenvalue weighted by atomic mass is 32.2. The first-order valence-corrected chi connectivity index (χ1v) is 7.78. The van der Waals surface area contributed by atoms with Gasteiger partial charge in [0, 0.05) is 0 Å². The minimum Gasteiger partial charge on any atom is -0.483 e. The number of halogens is 4. The molecule has 0 unspecified atom stereocenters. The Morgan fingerprint density at radius 3 is 1.92 bits per heavy atom. The van der Waals surface area contributed by atoms with Crippen LogP contribution in [0.2, 0.25) is 0 Å². The van der Waals surface area contributed by atoms with E-state index >= 15 is 0 Å². The summed E-state index contributed by atoms with van der Waals surface area (Å²) in [5.74, 6) is -10.1. The van der Waals surface area contributed by atoms with Crippen molar-refractivity contribution in [2.75, 3.05) is 0 Å². The van der Waals surface area contributed by atoms with Crippen molar-refractivity contribution in [1.29, 1.82) is 0 Å². The molecule has 2 aromatic carbocycles. The van der Waals surface area contributed by atoms with Gasteiger partial charge in [-0.25, -0.2) is 8.78 Å². The molecule has 0 aromatic heterocycles. The summed E-state index contributed by atoms with van der Waals surface area (Å²) in [4.78, 5) is -2.11. The lowest BCUT2D eigenvalue weighted by atomic mass is 10.1. The highest BCUT2D eigenvalue weighted by Gasteiger charge is 2.33. The maximum Gasteiger partial charge on any atom is 0.300 e. The van der Waals surface area contributed by atoms with Gasteiger partial charge in [-0.2, -0.15) is 17.2 Å². The van der Waals surface area contributed by atoms with Crippen molar-refractivity contribution < 1.29 is 35.3 Å². The molecule has 0 heterocycles. The van der Waals surface area contributed by atoms with E-state index in [4.69, 9.17) is 9.29 Å². The fourth-order valence-electron chi connectivity index (χ4n) is 1.85. The fourth-order valence-corrected chi connectivity index (χ4v) is 2.48. The summed E-state index contributed by atoms with van der Waals surface area (Å²) in [5, 5.41) is 0. The SMILES string of the molecule is C=Cc1ccc(COc2c(F)c(F)c(S(=O)(=O)O)c(F)c2F)cc1. The summed E-state index contributed by atoms with van der Waals surface area (Å²) in [6.45, 7) is 3.11. The molecule has 9 heteroatoms. The Morgan fingerprint density at radius 2 is 1.50 bits per heavy atom. The third kappa shape index (κ3) is 3.41. The maximum absolute atomic E-state index is 13.8. The average molecular weight is 362 g/mol. The van der Waals surface area contributed by atoms with E-state index in [1.807, 2.05) is 0 Å². The topological polar surface area (TPSA) is 63.6 Å². The first kappa shape index (κ1) is 18.0. The van der Waals surface area contributed by atoms with Crippen molar-refractivity contribution in [3.8, 4) is 5.75 Å². The molecule has 4 nitrogen and oxygen atoms in total. The molecule has 0 fully saturated rings. The number of rotatable bonds is 5. The van der Waals surface area contributed by atoms with Gasteiger partial charge in [-0.1, -0.05) is 36.9 Å². The molecular formula is C15H10F4O4S. The van der Waals surface area contributed by atoms with Crippen molar-refractivity contribution in [3.05, 3.63) is 65.2 Å². The zero-order valence-electron chi connectivity index (χ0n) is 11.9. The second kappa shape index (κ2) is 6.62. The Bertz CT molecular complexity index is 864. The summed E-state index contributed by atoms with van der Waals surface area (Å²) < 4.78 is 89.8. The van der Waals surface area contributed by atoms with E-state index in [0.717, 1.165) is 5.56 Å². The van der Waals surface area contributed by atoms with Gasteiger partial charge in [-0.05, 0) is 11.1 Å². The van der Waals surface area contributed by atoms with Gasteiger partial charge in [0.25, 0.3) is 0 Å². The van der Waals surface area contributed by atoms with Crippen molar-refractivity contribution in [3.63, 3.8) is 0 Å². The van der Waals surface area contributed by atoms with Gasteiger partial charge >= 0.3 is 10.1 Å². The predicted molar refractivity (Wildman–Crippen MR) is 77.0 cm³/mol. The molecule has 0 aliphatic carbocycles. The van der Waals surface area contributed by atoms with Crippen LogP contribution in [0.25, 0.3) is 6.08 Å². The van der Waals surface area contributed by atoms with E-state index in [2.05, 4.69) is 6.58 Å². The zero-order chi connectivity index (χ0) is 18.1. The van der Waals surface area contributed by atoms with Crippen LogP contribution < -0.4 is 4.74 Å². The van der Waals surface area contributed by atoms with Crippen LogP contribution in [0.15, 0.2) is 35.7 Å². The molecule has 0 bridgehead atoms. The Hall–Kier alpha value is -2.39. The van der Waals surface area contributed by atoms with E-state index in [-0.39, 0.29) is 0 Å². The van der Waals surface area contributed by atoms with E-state index < -0.39 is 50.6 Å². The minimum atomic E-state index is -5.50. The van der Waals surface area contributed by atoms with Crippen molar-refractivity contribution in [1.82, 2.24) is 0 Å². The van der Waals surface area contributed by atoms with Gasteiger partial charge in [-0.15, -0.1) is 0 Å². The van der Waals surface area contributed by atoms with Gasteiger partial charge in [0.2, 0.25) is 11.6 Å². The van der Waals surface area contributed by atoms with Crippen LogP contribution in [0.5, 0.6) is 5.75 Å². The predicted octanol–water partition coefficient (Wildman–Crippen LogP) is 3.71.